The van der Waals surface area contributed by atoms with Gasteiger partial charge >= 0.3 is 0 Å². The molecule has 0 radical (unpaired) electrons. The first-order valence-corrected chi connectivity index (χ1v) is 9.23. The minimum Gasteiger partial charge on any atom is -0.322 e. The van der Waals surface area contributed by atoms with Gasteiger partial charge in [0.05, 0.1) is 6.54 Å². The van der Waals surface area contributed by atoms with Crippen LogP contribution in [0, 0.1) is 0 Å². The Kier molecular flexibility index (Phi) is 4.96. The summed E-state index contributed by atoms with van der Waals surface area (Å²) in [6, 6.07) is 25.4. The first-order valence-electron chi connectivity index (χ1n) is 8.85. The van der Waals surface area contributed by atoms with E-state index in [1.165, 1.54) is 0 Å². The Hall–Kier alpha value is -3.37. The molecule has 0 aliphatic carbocycles. The summed E-state index contributed by atoms with van der Waals surface area (Å²) in [6.45, 7) is 0.274. The van der Waals surface area contributed by atoms with Crippen molar-refractivity contribution in [3.05, 3.63) is 111 Å². The van der Waals surface area contributed by atoms with Gasteiger partial charge in [0.2, 0.25) is 5.56 Å². The zero-order chi connectivity index (χ0) is 19.5. The van der Waals surface area contributed by atoms with Gasteiger partial charge in [-0.05, 0) is 48.0 Å². The Morgan fingerprint density at radius 2 is 1.57 bits per heavy atom. The van der Waals surface area contributed by atoms with Crippen LogP contribution in [0.25, 0.3) is 10.9 Å². The van der Waals surface area contributed by atoms with Gasteiger partial charge in [0.25, 0.3) is 5.91 Å². The molecule has 5 heteroatoms. The second kappa shape index (κ2) is 7.71. The van der Waals surface area contributed by atoms with Crippen molar-refractivity contribution >= 4 is 34.1 Å². The summed E-state index contributed by atoms with van der Waals surface area (Å²) < 4.78 is 0. The van der Waals surface area contributed by atoms with Gasteiger partial charge < -0.3 is 9.88 Å². The maximum Gasteiger partial charge on any atom is 0.258 e. The quantitative estimate of drug-likeness (QED) is 0.533. The van der Waals surface area contributed by atoms with Crippen molar-refractivity contribution in [1.82, 2.24) is 4.98 Å². The highest BCUT2D eigenvalue weighted by Gasteiger charge is 2.19. The minimum atomic E-state index is -0.194. The molecule has 1 amide bonds. The number of pyridine rings is 1. The number of amides is 1. The van der Waals surface area contributed by atoms with Gasteiger partial charge in [-0.1, -0.05) is 48.0 Å². The second-order valence-electron chi connectivity index (χ2n) is 6.44. The van der Waals surface area contributed by atoms with Crippen molar-refractivity contribution in [2.24, 2.45) is 0 Å². The Balaban J connectivity index is 1.80. The highest BCUT2D eigenvalue weighted by molar-refractivity contribution is 6.30. The first kappa shape index (κ1) is 18.0. The number of rotatable bonds is 4. The van der Waals surface area contributed by atoms with Gasteiger partial charge in [0.15, 0.2) is 0 Å². The van der Waals surface area contributed by atoms with Gasteiger partial charge in [-0.15, -0.1) is 0 Å². The average molecular weight is 389 g/mol. The number of para-hydroxylation sites is 2. The second-order valence-corrected chi connectivity index (χ2v) is 6.87. The lowest BCUT2D eigenvalue weighted by Gasteiger charge is -2.24. The molecule has 28 heavy (non-hydrogen) atoms. The molecule has 0 unspecified atom stereocenters. The Morgan fingerprint density at radius 3 is 2.32 bits per heavy atom. The number of anilines is 1. The molecule has 0 bridgehead atoms. The average Bonchev–Trinajstić information content (AvgIpc) is 2.72. The van der Waals surface area contributed by atoms with Gasteiger partial charge in [-0.3, -0.25) is 9.59 Å². The number of hydrogen-bond donors (Lipinski definition) is 1. The SMILES string of the molecule is O=C(c1ccc(Cl)cc1)N(Cc1cc(=O)[nH]c2ccccc12)c1ccccc1. The number of carbonyl (C=O) groups excluding carboxylic acids is 1. The summed E-state index contributed by atoms with van der Waals surface area (Å²) in [5.74, 6) is -0.160. The number of aromatic nitrogens is 1. The highest BCUT2D eigenvalue weighted by Crippen LogP contribution is 2.23. The standard InChI is InChI=1S/C23H17ClN2O2/c24-18-12-10-16(11-13-18)23(28)26(19-6-2-1-3-7-19)15-17-14-22(27)25-21-9-5-4-8-20(17)21/h1-14H,15H2,(H,25,27). The van der Waals surface area contributed by atoms with E-state index >= 15 is 0 Å². The molecule has 1 aromatic heterocycles. The summed E-state index contributed by atoms with van der Waals surface area (Å²) in [4.78, 5) is 29.9. The van der Waals surface area contributed by atoms with Crippen molar-refractivity contribution in [3.8, 4) is 0 Å². The lowest BCUT2D eigenvalue weighted by molar-refractivity contribution is 0.0985. The van der Waals surface area contributed by atoms with E-state index in [-0.39, 0.29) is 18.0 Å². The van der Waals surface area contributed by atoms with Gasteiger partial charge in [0.1, 0.15) is 0 Å². The first-order chi connectivity index (χ1) is 13.6. The minimum absolute atomic E-state index is 0.160. The number of aromatic amines is 1. The largest absolute Gasteiger partial charge is 0.322 e. The molecule has 0 saturated heterocycles. The van der Waals surface area contributed by atoms with E-state index in [2.05, 4.69) is 4.98 Å². The van der Waals surface area contributed by atoms with Crippen molar-refractivity contribution in [3.63, 3.8) is 0 Å². The molecular formula is C23H17ClN2O2. The third-order valence-corrected chi connectivity index (χ3v) is 4.82. The van der Waals surface area contributed by atoms with Crippen LogP contribution in [-0.4, -0.2) is 10.9 Å². The monoisotopic (exact) mass is 388 g/mol. The summed E-state index contributed by atoms with van der Waals surface area (Å²) in [5.41, 5.74) is 2.62. The van der Waals surface area contributed by atoms with E-state index < -0.39 is 0 Å². The van der Waals surface area contributed by atoms with E-state index in [1.54, 1.807) is 35.2 Å². The summed E-state index contributed by atoms with van der Waals surface area (Å²) in [7, 11) is 0. The fourth-order valence-electron chi connectivity index (χ4n) is 3.21. The van der Waals surface area contributed by atoms with Gasteiger partial charge in [0, 0.05) is 33.2 Å². The van der Waals surface area contributed by atoms with Crippen molar-refractivity contribution in [1.29, 1.82) is 0 Å². The maximum atomic E-state index is 13.3. The predicted molar refractivity (Wildman–Crippen MR) is 113 cm³/mol. The van der Waals surface area contributed by atoms with Crippen molar-refractivity contribution < 1.29 is 4.79 Å². The zero-order valence-electron chi connectivity index (χ0n) is 14.9. The fraction of sp³-hybridized carbons (Fsp3) is 0.0435. The van der Waals surface area contributed by atoms with Crippen molar-refractivity contribution in [2.45, 2.75) is 6.54 Å². The predicted octanol–water partition coefficient (Wildman–Crippen LogP) is 5.03. The fourth-order valence-corrected chi connectivity index (χ4v) is 3.34. The summed E-state index contributed by atoms with van der Waals surface area (Å²) >= 11 is 5.96. The molecular weight excluding hydrogens is 372 g/mol. The van der Waals surface area contributed by atoms with Crippen LogP contribution in [-0.2, 0) is 6.54 Å². The molecule has 138 valence electrons. The summed E-state index contributed by atoms with van der Waals surface area (Å²) in [6.07, 6.45) is 0. The van der Waals surface area contributed by atoms with Crippen LogP contribution in [0.1, 0.15) is 15.9 Å². The van der Waals surface area contributed by atoms with Crippen LogP contribution in [0.2, 0.25) is 5.02 Å². The lowest BCUT2D eigenvalue weighted by Crippen LogP contribution is -2.31. The number of hydrogen-bond acceptors (Lipinski definition) is 2. The maximum absolute atomic E-state index is 13.3. The van der Waals surface area contributed by atoms with E-state index in [0.29, 0.717) is 10.6 Å². The van der Waals surface area contributed by atoms with Crippen LogP contribution in [0.4, 0.5) is 5.69 Å². The number of fused-ring (bicyclic) bond motifs is 1. The van der Waals surface area contributed by atoms with Crippen LogP contribution in [0.15, 0.2) is 89.7 Å². The lowest BCUT2D eigenvalue weighted by atomic mass is 10.1. The molecule has 0 aliphatic heterocycles. The van der Waals surface area contributed by atoms with Crippen LogP contribution >= 0.6 is 11.6 Å². The summed E-state index contributed by atoms with van der Waals surface area (Å²) in [5, 5.41) is 1.48. The third kappa shape index (κ3) is 3.68. The molecule has 4 rings (SSSR count). The zero-order valence-corrected chi connectivity index (χ0v) is 15.7. The molecule has 0 saturated carbocycles. The van der Waals surface area contributed by atoms with E-state index in [9.17, 15) is 9.59 Å². The topological polar surface area (TPSA) is 53.2 Å². The number of nitrogens with one attached hydrogen (secondary N) is 1. The smallest absolute Gasteiger partial charge is 0.258 e. The molecule has 0 spiro atoms. The van der Waals surface area contributed by atoms with Gasteiger partial charge in [-0.2, -0.15) is 0 Å². The van der Waals surface area contributed by atoms with Crippen LogP contribution < -0.4 is 10.5 Å². The number of H-pyrrole nitrogens is 1. The van der Waals surface area contributed by atoms with Crippen LogP contribution in [0.5, 0.6) is 0 Å². The number of carbonyl (C=O) groups is 1. The number of halogens is 1. The third-order valence-electron chi connectivity index (χ3n) is 4.57. The Labute approximate surface area is 167 Å². The van der Waals surface area contributed by atoms with E-state index in [4.69, 9.17) is 11.6 Å². The Morgan fingerprint density at radius 1 is 0.893 bits per heavy atom. The normalized spacial score (nSPS) is 10.8. The molecule has 1 N–H and O–H groups in total. The molecule has 1 heterocycles. The molecule has 4 nitrogen and oxygen atoms in total. The number of benzene rings is 3. The van der Waals surface area contributed by atoms with E-state index in [0.717, 1.165) is 22.2 Å². The van der Waals surface area contributed by atoms with Gasteiger partial charge in [-0.25, -0.2) is 0 Å². The van der Waals surface area contributed by atoms with E-state index in [1.807, 2.05) is 54.6 Å². The molecule has 3 aromatic carbocycles. The molecule has 0 atom stereocenters. The van der Waals surface area contributed by atoms with Crippen molar-refractivity contribution in [2.75, 3.05) is 4.90 Å². The molecule has 0 aliphatic rings. The number of nitrogens with zero attached hydrogens (tertiary/aromatic N) is 1. The molecule has 4 aromatic rings. The Bertz CT molecular complexity index is 1180. The van der Waals surface area contributed by atoms with Crippen LogP contribution in [0.3, 0.4) is 0 Å². The highest BCUT2D eigenvalue weighted by atomic mass is 35.5. The molecule has 0 fully saturated rings.